The zero-order valence-electron chi connectivity index (χ0n) is 12.7. The van der Waals surface area contributed by atoms with E-state index in [9.17, 15) is 4.79 Å². The second kappa shape index (κ2) is 7.11. The average Bonchev–Trinajstić information content (AvgIpc) is 3.11. The van der Waals surface area contributed by atoms with Gasteiger partial charge in [-0.1, -0.05) is 36.4 Å². The van der Waals surface area contributed by atoms with E-state index < -0.39 is 0 Å². The molecule has 0 radical (unpaired) electrons. The van der Waals surface area contributed by atoms with Crippen molar-refractivity contribution in [2.75, 3.05) is 0 Å². The molecule has 0 saturated heterocycles. The van der Waals surface area contributed by atoms with E-state index in [2.05, 4.69) is 5.32 Å². The minimum atomic E-state index is -0.141. The third-order valence-electron chi connectivity index (χ3n) is 3.42. The molecule has 116 valence electrons. The van der Waals surface area contributed by atoms with Crippen LogP contribution in [0.5, 0.6) is 11.5 Å². The van der Waals surface area contributed by atoms with Crippen LogP contribution in [0.3, 0.4) is 0 Å². The molecule has 1 N–H and O–H groups in total. The minimum absolute atomic E-state index is 0.0349. The van der Waals surface area contributed by atoms with Gasteiger partial charge in [0.2, 0.25) is 0 Å². The van der Waals surface area contributed by atoms with Crippen molar-refractivity contribution in [3.63, 3.8) is 0 Å². The van der Waals surface area contributed by atoms with E-state index in [1.807, 2.05) is 66.9 Å². The van der Waals surface area contributed by atoms with Gasteiger partial charge in [-0.25, -0.2) is 0 Å². The lowest BCUT2D eigenvalue weighted by Gasteiger charge is -2.15. The van der Waals surface area contributed by atoms with E-state index in [0.717, 1.165) is 4.88 Å². The molecule has 0 fully saturated rings. The number of carbonyl (C=O) groups excluding carboxylic acids is 1. The van der Waals surface area contributed by atoms with E-state index in [0.29, 0.717) is 17.1 Å². The number of carbonyl (C=O) groups is 1. The summed E-state index contributed by atoms with van der Waals surface area (Å²) in [4.78, 5) is 13.7. The number of hydrogen-bond acceptors (Lipinski definition) is 3. The summed E-state index contributed by atoms with van der Waals surface area (Å²) in [5, 5.41) is 5.02. The van der Waals surface area contributed by atoms with Crippen LogP contribution < -0.4 is 10.1 Å². The molecule has 3 aromatic rings. The standard InChI is InChI=1S/C19H17NO2S/c1-14(18-12-7-13-23-18)20-19(21)16-10-5-6-11-17(16)22-15-8-3-2-4-9-15/h2-14H,1H3,(H,20,21)/t14-/m1/s1. The van der Waals surface area contributed by atoms with E-state index >= 15 is 0 Å². The fraction of sp³-hybridized carbons (Fsp3) is 0.105. The summed E-state index contributed by atoms with van der Waals surface area (Å²) in [6.07, 6.45) is 0. The quantitative estimate of drug-likeness (QED) is 0.715. The van der Waals surface area contributed by atoms with E-state index in [1.165, 1.54) is 0 Å². The first-order chi connectivity index (χ1) is 11.2. The molecule has 4 heteroatoms. The maximum atomic E-state index is 12.6. The van der Waals surface area contributed by atoms with Gasteiger partial charge >= 0.3 is 0 Å². The third-order valence-corrected chi connectivity index (χ3v) is 4.48. The van der Waals surface area contributed by atoms with Crippen molar-refractivity contribution in [1.82, 2.24) is 5.32 Å². The maximum absolute atomic E-state index is 12.6. The first kappa shape index (κ1) is 15.3. The molecule has 0 aliphatic heterocycles. The van der Waals surface area contributed by atoms with Gasteiger partial charge in [0.25, 0.3) is 5.91 Å². The molecule has 0 saturated carbocycles. The lowest BCUT2D eigenvalue weighted by molar-refractivity contribution is 0.0938. The van der Waals surface area contributed by atoms with Gasteiger partial charge in [-0.15, -0.1) is 11.3 Å². The van der Waals surface area contributed by atoms with Crippen molar-refractivity contribution in [2.45, 2.75) is 13.0 Å². The predicted octanol–water partition coefficient (Wildman–Crippen LogP) is 5.03. The molecule has 0 aliphatic rings. The Morgan fingerprint density at radius 3 is 2.48 bits per heavy atom. The third kappa shape index (κ3) is 3.79. The van der Waals surface area contributed by atoms with Crippen LogP contribution in [-0.4, -0.2) is 5.91 Å². The predicted molar refractivity (Wildman–Crippen MR) is 93.2 cm³/mol. The molecule has 1 aromatic heterocycles. The highest BCUT2D eigenvalue weighted by atomic mass is 32.1. The first-order valence-corrected chi connectivity index (χ1v) is 8.28. The second-order valence-corrected chi connectivity index (χ2v) is 6.10. The van der Waals surface area contributed by atoms with Crippen LogP contribution in [-0.2, 0) is 0 Å². The molecule has 0 spiro atoms. The summed E-state index contributed by atoms with van der Waals surface area (Å²) in [6.45, 7) is 1.98. The van der Waals surface area contributed by atoms with Crippen molar-refractivity contribution in [2.24, 2.45) is 0 Å². The summed E-state index contributed by atoms with van der Waals surface area (Å²) >= 11 is 1.63. The first-order valence-electron chi connectivity index (χ1n) is 7.40. The Morgan fingerprint density at radius 1 is 1.00 bits per heavy atom. The van der Waals surface area contributed by atoms with Crippen molar-refractivity contribution < 1.29 is 9.53 Å². The Hall–Kier alpha value is -2.59. The van der Waals surface area contributed by atoms with Crippen LogP contribution in [0.15, 0.2) is 72.1 Å². The maximum Gasteiger partial charge on any atom is 0.255 e. The lowest BCUT2D eigenvalue weighted by atomic mass is 10.1. The van der Waals surface area contributed by atoms with Crippen LogP contribution in [0.1, 0.15) is 28.2 Å². The summed E-state index contributed by atoms with van der Waals surface area (Å²) in [5.41, 5.74) is 0.528. The topological polar surface area (TPSA) is 38.3 Å². The fourth-order valence-corrected chi connectivity index (χ4v) is 2.98. The smallest absolute Gasteiger partial charge is 0.255 e. The molecule has 0 aliphatic carbocycles. The Morgan fingerprint density at radius 2 is 1.74 bits per heavy atom. The largest absolute Gasteiger partial charge is 0.457 e. The van der Waals surface area contributed by atoms with Crippen LogP contribution >= 0.6 is 11.3 Å². The van der Waals surface area contributed by atoms with Gasteiger partial charge in [-0.3, -0.25) is 4.79 Å². The number of amides is 1. The van der Waals surface area contributed by atoms with Crippen molar-refractivity contribution in [3.05, 3.63) is 82.6 Å². The van der Waals surface area contributed by atoms with Gasteiger partial charge in [-0.2, -0.15) is 0 Å². The Kier molecular flexibility index (Phi) is 4.74. The van der Waals surface area contributed by atoms with Gasteiger partial charge < -0.3 is 10.1 Å². The summed E-state index contributed by atoms with van der Waals surface area (Å²) in [7, 11) is 0. The summed E-state index contributed by atoms with van der Waals surface area (Å²) in [5.74, 6) is 1.12. The Labute approximate surface area is 139 Å². The molecule has 3 nitrogen and oxygen atoms in total. The number of thiophene rings is 1. The minimum Gasteiger partial charge on any atom is -0.457 e. The van der Waals surface area contributed by atoms with Crippen LogP contribution in [0.25, 0.3) is 0 Å². The molecule has 1 heterocycles. The van der Waals surface area contributed by atoms with Gasteiger partial charge in [0.05, 0.1) is 11.6 Å². The van der Waals surface area contributed by atoms with Gasteiger partial charge in [0.15, 0.2) is 0 Å². The molecule has 23 heavy (non-hydrogen) atoms. The lowest BCUT2D eigenvalue weighted by Crippen LogP contribution is -2.26. The second-order valence-electron chi connectivity index (χ2n) is 5.12. The zero-order valence-corrected chi connectivity index (χ0v) is 13.5. The highest BCUT2D eigenvalue weighted by Crippen LogP contribution is 2.26. The molecular formula is C19H17NO2S. The molecule has 0 bridgehead atoms. The number of hydrogen-bond donors (Lipinski definition) is 1. The Balaban J connectivity index is 1.78. The number of rotatable bonds is 5. The molecular weight excluding hydrogens is 306 g/mol. The van der Waals surface area contributed by atoms with Crippen molar-refractivity contribution in [1.29, 1.82) is 0 Å². The molecule has 0 unspecified atom stereocenters. The van der Waals surface area contributed by atoms with Gasteiger partial charge in [0, 0.05) is 4.88 Å². The monoisotopic (exact) mass is 323 g/mol. The summed E-state index contributed by atoms with van der Waals surface area (Å²) in [6, 6.07) is 20.7. The highest BCUT2D eigenvalue weighted by molar-refractivity contribution is 7.10. The highest BCUT2D eigenvalue weighted by Gasteiger charge is 2.16. The van der Waals surface area contributed by atoms with E-state index in [-0.39, 0.29) is 11.9 Å². The SMILES string of the molecule is C[C@@H](NC(=O)c1ccccc1Oc1ccccc1)c1cccs1. The van der Waals surface area contributed by atoms with E-state index in [1.54, 1.807) is 23.5 Å². The molecule has 1 amide bonds. The molecule has 3 rings (SSSR count). The van der Waals surface area contributed by atoms with Gasteiger partial charge in [-0.05, 0) is 42.6 Å². The van der Waals surface area contributed by atoms with Crippen LogP contribution in [0, 0.1) is 0 Å². The number of para-hydroxylation sites is 2. The van der Waals surface area contributed by atoms with E-state index in [4.69, 9.17) is 4.74 Å². The fourth-order valence-electron chi connectivity index (χ4n) is 2.24. The number of benzene rings is 2. The molecule has 1 atom stereocenters. The summed E-state index contributed by atoms with van der Waals surface area (Å²) < 4.78 is 5.84. The van der Waals surface area contributed by atoms with Crippen molar-refractivity contribution >= 4 is 17.2 Å². The number of ether oxygens (including phenoxy) is 1. The average molecular weight is 323 g/mol. The van der Waals surface area contributed by atoms with Crippen LogP contribution in [0.4, 0.5) is 0 Å². The molecule has 2 aromatic carbocycles. The zero-order chi connectivity index (χ0) is 16.1. The normalized spacial score (nSPS) is 11.7. The Bertz CT molecular complexity index is 769. The van der Waals surface area contributed by atoms with Crippen molar-refractivity contribution in [3.8, 4) is 11.5 Å². The van der Waals surface area contributed by atoms with Crippen LogP contribution in [0.2, 0.25) is 0 Å². The van der Waals surface area contributed by atoms with Gasteiger partial charge in [0.1, 0.15) is 11.5 Å². The number of nitrogens with one attached hydrogen (secondary N) is 1.